The van der Waals surface area contributed by atoms with Crippen LogP contribution < -0.4 is 21.3 Å². The van der Waals surface area contributed by atoms with Crippen LogP contribution in [-0.4, -0.2) is 59.6 Å². The number of anilines is 2. The van der Waals surface area contributed by atoms with E-state index in [1.807, 2.05) is 18.2 Å². The monoisotopic (exact) mass is 630 g/mol. The quantitative estimate of drug-likeness (QED) is 0.258. The Bertz CT molecular complexity index is 1280. The molecule has 2 aromatic rings. The van der Waals surface area contributed by atoms with E-state index < -0.39 is 17.7 Å². The number of fused-ring (bicyclic) bond motifs is 1. The van der Waals surface area contributed by atoms with E-state index in [4.69, 9.17) is 4.63 Å². The van der Waals surface area contributed by atoms with Crippen molar-refractivity contribution >= 4 is 23.2 Å². The Hall–Kier alpha value is -3.49. The summed E-state index contributed by atoms with van der Waals surface area (Å²) in [5, 5.41) is 19.8. The molecule has 3 fully saturated rings. The van der Waals surface area contributed by atoms with E-state index in [1.54, 1.807) is 0 Å². The first-order valence-electron chi connectivity index (χ1n) is 14.7. The lowest BCUT2D eigenvalue weighted by Gasteiger charge is -2.34. The maximum absolute atomic E-state index is 12.9. The van der Waals surface area contributed by atoms with Gasteiger partial charge in [-0.25, -0.2) is 13.4 Å². The molecular formula is C29H39F5N6O4. The molecule has 3 saturated carbocycles. The fourth-order valence-electron chi connectivity index (χ4n) is 4.30. The lowest BCUT2D eigenvalue weighted by Crippen LogP contribution is -2.40. The number of hydrogen-bond donors (Lipinski definition) is 4. The summed E-state index contributed by atoms with van der Waals surface area (Å²) >= 11 is 0. The Morgan fingerprint density at radius 2 is 1.70 bits per heavy atom. The molecule has 0 radical (unpaired) electrons. The maximum Gasteiger partial charge on any atom is 0.416 e. The van der Waals surface area contributed by atoms with E-state index in [0.29, 0.717) is 18.8 Å². The van der Waals surface area contributed by atoms with Crippen LogP contribution in [0.4, 0.5) is 33.3 Å². The summed E-state index contributed by atoms with van der Waals surface area (Å²) in [4.78, 5) is 24.4. The first-order valence-corrected chi connectivity index (χ1v) is 14.7. The number of rotatable bonds is 9. The van der Waals surface area contributed by atoms with Crippen molar-refractivity contribution in [2.75, 3.05) is 24.3 Å². The third-order valence-corrected chi connectivity index (χ3v) is 7.59. The van der Waals surface area contributed by atoms with Gasteiger partial charge >= 0.3 is 6.18 Å². The highest BCUT2D eigenvalue weighted by Crippen LogP contribution is 2.44. The van der Waals surface area contributed by atoms with Gasteiger partial charge in [-0.05, 0) is 55.5 Å². The molecule has 2 heterocycles. The van der Waals surface area contributed by atoms with Crippen molar-refractivity contribution in [1.82, 2.24) is 20.9 Å². The summed E-state index contributed by atoms with van der Waals surface area (Å²) in [5.74, 6) is -3.11. The van der Waals surface area contributed by atoms with Crippen LogP contribution in [0, 0.1) is 5.92 Å². The number of hydrogen-bond acceptors (Lipinski definition) is 8. The fourth-order valence-corrected chi connectivity index (χ4v) is 4.30. The first kappa shape index (κ1) is 33.4. The van der Waals surface area contributed by atoms with Gasteiger partial charge in [0.25, 0.3) is 5.91 Å². The third kappa shape index (κ3) is 9.50. The van der Waals surface area contributed by atoms with Crippen molar-refractivity contribution in [2.24, 2.45) is 5.92 Å². The lowest BCUT2D eigenvalue weighted by molar-refractivity contribution is -0.255. The molecule has 10 nitrogen and oxygen atoms in total. The Morgan fingerprint density at radius 1 is 1.05 bits per heavy atom. The molecule has 3 aliphatic carbocycles. The fraction of sp³-hybridized carbons (Fsp3) is 0.655. The normalized spacial score (nSPS) is 19.9. The molecule has 4 N–H and O–H groups in total. The zero-order chi connectivity index (χ0) is 32.1. The SMILES string of the molecule is C1CC1.COC(C)(C)C(F)(F)F.O=C(CC1CC(F)(F)C1)NCc1ccc2c(c1)NC(CNC(=O)c1nonc1C1CC1)N2. The molecule has 6 rings (SSSR count). The van der Waals surface area contributed by atoms with Gasteiger partial charge in [-0.3, -0.25) is 9.59 Å². The van der Waals surface area contributed by atoms with Crippen molar-refractivity contribution < 1.29 is 40.9 Å². The Labute approximate surface area is 252 Å². The average Bonchev–Trinajstić information content (AvgIpc) is 3.89. The number of ether oxygens (including phenoxy) is 1. The van der Waals surface area contributed by atoms with E-state index in [1.165, 1.54) is 19.3 Å². The van der Waals surface area contributed by atoms with Crippen molar-refractivity contribution in [2.45, 2.75) is 102 Å². The maximum atomic E-state index is 12.9. The number of carbonyl (C=O) groups excluding carboxylic acids is 2. The smallest absolute Gasteiger partial charge is 0.369 e. The van der Waals surface area contributed by atoms with Crippen LogP contribution in [0.1, 0.15) is 92.9 Å². The van der Waals surface area contributed by atoms with Crippen molar-refractivity contribution in [1.29, 1.82) is 0 Å². The molecule has 1 atom stereocenters. The van der Waals surface area contributed by atoms with Gasteiger partial charge in [0, 0.05) is 38.8 Å². The average molecular weight is 631 g/mol. The number of carbonyl (C=O) groups is 2. The number of methoxy groups -OCH3 is 1. The molecule has 4 aliphatic rings. The molecule has 1 aliphatic heterocycles. The van der Waals surface area contributed by atoms with Crippen molar-refractivity contribution in [3.8, 4) is 0 Å². The predicted octanol–water partition coefficient (Wildman–Crippen LogP) is 5.74. The van der Waals surface area contributed by atoms with Gasteiger partial charge in [-0.2, -0.15) is 13.2 Å². The van der Waals surface area contributed by atoms with Crippen molar-refractivity contribution in [3.63, 3.8) is 0 Å². The third-order valence-electron chi connectivity index (χ3n) is 7.59. The number of nitrogens with one attached hydrogen (secondary N) is 4. The highest BCUT2D eigenvalue weighted by molar-refractivity contribution is 5.93. The molecule has 44 heavy (non-hydrogen) atoms. The molecule has 0 spiro atoms. The summed E-state index contributed by atoms with van der Waals surface area (Å²) in [7, 11) is 1.04. The summed E-state index contributed by atoms with van der Waals surface area (Å²) in [6.07, 6.45) is 1.73. The molecule has 0 bridgehead atoms. The van der Waals surface area contributed by atoms with E-state index in [2.05, 4.69) is 36.3 Å². The molecule has 15 heteroatoms. The Morgan fingerprint density at radius 3 is 2.25 bits per heavy atom. The summed E-state index contributed by atoms with van der Waals surface area (Å²) in [6, 6.07) is 5.69. The predicted molar refractivity (Wildman–Crippen MR) is 151 cm³/mol. The minimum atomic E-state index is -4.28. The lowest BCUT2D eigenvalue weighted by atomic mass is 9.79. The highest BCUT2D eigenvalue weighted by Gasteiger charge is 2.47. The standard InChI is InChI=1S/C21H24F2N6O3.C5H9F3O.C3H6/c22-21(23)7-12(8-21)6-17(30)24-9-11-1-4-14-15(5-11)27-16(26-14)10-25-20(31)19-18(13-2-3-13)28-32-29-19;1-4(2,9-3)5(6,7)8;1-2-3-1/h1,4-5,12-13,16,26-27H,2-3,6-10H2,(H,24,30)(H,25,31);1-3H3;1-3H2. The minimum absolute atomic E-state index is 0.131. The molecule has 2 amide bonds. The van der Waals surface area contributed by atoms with Crippen LogP contribution in [0.2, 0.25) is 0 Å². The van der Waals surface area contributed by atoms with E-state index in [0.717, 1.165) is 50.7 Å². The molecular weight excluding hydrogens is 591 g/mol. The van der Waals surface area contributed by atoms with E-state index >= 15 is 0 Å². The van der Waals surface area contributed by atoms with Crippen molar-refractivity contribution in [3.05, 3.63) is 35.2 Å². The number of nitrogens with zero attached hydrogens (tertiary/aromatic N) is 2. The van der Waals surface area contributed by atoms with Crippen LogP contribution in [0.25, 0.3) is 0 Å². The van der Waals surface area contributed by atoms with Crippen LogP contribution in [-0.2, 0) is 16.1 Å². The number of benzene rings is 1. The first-order chi connectivity index (χ1) is 20.7. The topological polar surface area (TPSA) is 130 Å². The number of aromatic nitrogens is 2. The van der Waals surface area contributed by atoms with Crippen LogP contribution in [0.15, 0.2) is 22.8 Å². The van der Waals surface area contributed by atoms with Crippen LogP contribution >= 0.6 is 0 Å². The van der Waals surface area contributed by atoms with E-state index in [-0.39, 0.29) is 54.8 Å². The van der Waals surface area contributed by atoms with Crippen LogP contribution in [0.3, 0.4) is 0 Å². The minimum Gasteiger partial charge on any atom is -0.369 e. The second-order valence-electron chi connectivity index (χ2n) is 12.1. The summed E-state index contributed by atoms with van der Waals surface area (Å²) in [5.41, 5.74) is 1.47. The largest absolute Gasteiger partial charge is 0.416 e. The van der Waals surface area contributed by atoms with Gasteiger partial charge in [-0.1, -0.05) is 30.5 Å². The highest BCUT2D eigenvalue weighted by atomic mass is 19.4. The van der Waals surface area contributed by atoms with Gasteiger partial charge < -0.3 is 26.0 Å². The number of amides is 2. The summed E-state index contributed by atoms with van der Waals surface area (Å²) in [6.45, 7) is 2.60. The second-order valence-corrected chi connectivity index (χ2v) is 12.1. The number of halogens is 5. The second kappa shape index (κ2) is 13.7. The molecule has 244 valence electrons. The molecule has 1 aromatic carbocycles. The van der Waals surface area contributed by atoms with Gasteiger partial charge in [0.2, 0.25) is 11.8 Å². The van der Waals surface area contributed by atoms with Gasteiger partial charge in [0.15, 0.2) is 11.3 Å². The zero-order valence-corrected chi connectivity index (χ0v) is 25.0. The molecule has 0 saturated heterocycles. The zero-order valence-electron chi connectivity index (χ0n) is 25.0. The van der Waals surface area contributed by atoms with Gasteiger partial charge in [0.1, 0.15) is 11.9 Å². The van der Waals surface area contributed by atoms with Gasteiger partial charge in [-0.15, -0.1) is 0 Å². The Kier molecular flexibility index (Phi) is 10.4. The Balaban J connectivity index is 0.000000310. The van der Waals surface area contributed by atoms with Crippen LogP contribution in [0.5, 0.6) is 0 Å². The summed E-state index contributed by atoms with van der Waals surface area (Å²) < 4.78 is 69.8. The number of alkyl halides is 5. The van der Waals surface area contributed by atoms with E-state index in [9.17, 15) is 31.5 Å². The molecule has 1 aromatic heterocycles. The molecule has 1 unspecified atom stereocenters. The van der Waals surface area contributed by atoms with Gasteiger partial charge in [0.05, 0.1) is 17.9 Å².